The number of hydrogen-bond donors (Lipinski definition) is 2. The van der Waals surface area contributed by atoms with Crippen LogP contribution in [0.3, 0.4) is 0 Å². The van der Waals surface area contributed by atoms with E-state index in [4.69, 9.17) is 10.5 Å². The molecule has 1 unspecified atom stereocenters. The number of nitrogen functional groups attached to an aromatic ring is 1. The molecule has 1 aromatic carbocycles. The molecule has 0 amide bonds. The van der Waals surface area contributed by atoms with Crippen LogP contribution in [0.2, 0.25) is 0 Å². The molecule has 106 valence electrons. The molecule has 19 heavy (non-hydrogen) atoms. The average Bonchev–Trinajstić information content (AvgIpc) is 2.70. The molecule has 1 heterocycles. The number of nitrogens with one attached hydrogen (secondary N) is 1. The minimum absolute atomic E-state index is 0.209. The fourth-order valence-electron chi connectivity index (χ4n) is 2.14. The van der Waals surface area contributed by atoms with E-state index in [-0.39, 0.29) is 4.90 Å². The third-order valence-electron chi connectivity index (χ3n) is 3.59. The largest absolute Gasteiger partial charge is 0.398 e. The van der Waals surface area contributed by atoms with Crippen LogP contribution < -0.4 is 10.5 Å². The smallest absolute Gasteiger partial charge is 0.241 e. The van der Waals surface area contributed by atoms with Gasteiger partial charge in [0.25, 0.3) is 0 Å². The minimum Gasteiger partial charge on any atom is -0.398 e. The topological polar surface area (TPSA) is 81.4 Å². The Hall–Kier alpha value is -1.11. The average molecular weight is 284 g/mol. The summed E-state index contributed by atoms with van der Waals surface area (Å²) < 4.78 is 32.7. The SMILES string of the molecule is Cc1cc(S(=O)(=O)NC2(C)CCOC2)cc(N)c1C. The molecule has 0 bridgehead atoms. The molecule has 1 atom stereocenters. The van der Waals surface area contributed by atoms with E-state index >= 15 is 0 Å². The lowest BCUT2D eigenvalue weighted by atomic mass is 10.0. The number of aryl methyl sites for hydroxylation is 1. The first-order valence-corrected chi connectivity index (χ1v) is 7.70. The molecule has 1 fully saturated rings. The third kappa shape index (κ3) is 2.91. The number of anilines is 1. The van der Waals surface area contributed by atoms with E-state index in [1.54, 1.807) is 6.07 Å². The number of nitrogens with two attached hydrogens (primary N) is 1. The van der Waals surface area contributed by atoms with Crippen molar-refractivity contribution in [3.63, 3.8) is 0 Å². The Kier molecular flexibility index (Phi) is 3.59. The number of hydrogen-bond acceptors (Lipinski definition) is 4. The predicted molar refractivity (Wildman–Crippen MR) is 74.5 cm³/mol. The van der Waals surface area contributed by atoms with Crippen molar-refractivity contribution in [3.8, 4) is 0 Å². The summed E-state index contributed by atoms with van der Waals surface area (Å²) in [5.41, 5.74) is 7.58. The van der Waals surface area contributed by atoms with Gasteiger partial charge < -0.3 is 10.5 Å². The van der Waals surface area contributed by atoms with Crippen molar-refractivity contribution < 1.29 is 13.2 Å². The monoisotopic (exact) mass is 284 g/mol. The number of rotatable bonds is 3. The van der Waals surface area contributed by atoms with E-state index in [0.717, 1.165) is 11.1 Å². The van der Waals surface area contributed by atoms with Crippen molar-refractivity contribution >= 4 is 15.7 Å². The molecule has 0 aliphatic carbocycles. The van der Waals surface area contributed by atoms with Gasteiger partial charge in [-0.15, -0.1) is 0 Å². The zero-order valence-corrected chi connectivity index (χ0v) is 12.3. The molecule has 1 saturated heterocycles. The second-order valence-corrected chi connectivity index (χ2v) is 7.11. The van der Waals surface area contributed by atoms with Crippen LogP contribution in [0.5, 0.6) is 0 Å². The van der Waals surface area contributed by atoms with Crippen molar-refractivity contribution in [2.75, 3.05) is 18.9 Å². The van der Waals surface area contributed by atoms with Gasteiger partial charge in [0.1, 0.15) is 0 Å². The standard InChI is InChI=1S/C13H20N2O3S/c1-9-6-11(7-12(14)10(9)2)19(16,17)15-13(3)4-5-18-8-13/h6-7,15H,4-5,8,14H2,1-3H3. The van der Waals surface area contributed by atoms with Crippen LogP contribution in [-0.2, 0) is 14.8 Å². The Morgan fingerprint density at radius 2 is 2.05 bits per heavy atom. The Morgan fingerprint density at radius 3 is 2.58 bits per heavy atom. The van der Waals surface area contributed by atoms with Crippen LogP contribution in [0.15, 0.2) is 17.0 Å². The molecule has 0 spiro atoms. The molecule has 3 N–H and O–H groups in total. The van der Waals surface area contributed by atoms with Gasteiger partial charge in [-0.05, 0) is 50.5 Å². The first kappa shape index (κ1) is 14.3. The van der Waals surface area contributed by atoms with Crippen LogP contribution in [0.25, 0.3) is 0 Å². The van der Waals surface area contributed by atoms with E-state index in [1.165, 1.54) is 6.07 Å². The maximum Gasteiger partial charge on any atom is 0.241 e. The molecule has 1 aliphatic rings. The van der Waals surface area contributed by atoms with E-state index in [1.807, 2.05) is 20.8 Å². The van der Waals surface area contributed by atoms with Crippen molar-refractivity contribution in [1.29, 1.82) is 0 Å². The highest BCUT2D eigenvalue weighted by Gasteiger charge is 2.34. The predicted octanol–water partition coefficient (Wildman–Crippen LogP) is 1.34. The van der Waals surface area contributed by atoms with Gasteiger partial charge in [0.15, 0.2) is 0 Å². The zero-order valence-electron chi connectivity index (χ0n) is 11.5. The highest BCUT2D eigenvalue weighted by atomic mass is 32.2. The highest BCUT2D eigenvalue weighted by molar-refractivity contribution is 7.89. The van der Waals surface area contributed by atoms with Crippen molar-refractivity contribution in [2.45, 2.75) is 37.6 Å². The van der Waals surface area contributed by atoms with Crippen molar-refractivity contribution in [2.24, 2.45) is 0 Å². The second-order valence-electron chi connectivity index (χ2n) is 5.42. The van der Waals surface area contributed by atoms with Gasteiger partial charge in [-0.2, -0.15) is 0 Å². The molecule has 1 aliphatic heterocycles. The molecule has 0 aromatic heterocycles. The summed E-state index contributed by atoms with van der Waals surface area (Å²) in [4.78, 5) is 0.209. The summed E-state index contributed by atoms with van der Waals surface area (Å²) >= 11 is 0. The van der Waals surface area contributed by atoms with E-state index in [2.05, 4.69) is 4.72 Å². The van der Waals surface area contributed by atoms with Gasteiger partial charge in [-0.3, -0.25) is 0 Å². The Bertz CT molecular complexity index is 567. The molecule has 0 saturated carbocycles. The summed E-state index contributed by atoms with van der Waals surface area (Å²) in [7, 11) is -3.57. The van der Waals surface area contributed by atoms with Gasteiger partial charge in [0, 0.05) is 12.3 Å². The molecule has 0 radical (unpaired) electrons. The molecule has 2 rings (SSSR count). The van der Waals surface area contributed by atoms with Crippen LogP contribution >= 0.6 is 0 Å². The summed E-state index contributed by atoms with van der Waals surface area (Å²) in [5, 5.41) is 0. The lowest BCUT2D eigenvalue weighted by Crippen LogP contribution is -2.46. The van der Waals surface area contributed by atoms with E-state index in [0.29, 0.717) is 25.3 Å². The van der Waals surface area contributed by atoms with Gasteiger partial charge in [0.05, 0.1) is 17.0 Å². The highest BCUT2D eigenvalue weighted by Crippen LogP contribution is 2.25. The molecule has 5 nitrogen and oxygen atoms in total. The number of sulfonamides is 1. The van der Waals surface area contributed by atoms with Crippen molar-refractivity contribution in [1.82, 2.24) is 4.72 Å². The van der Waals surface area contributed by atoms with Gasteiger partial charge in [-0.1, -0.05) is 0 Å². The Balaban J connectivity index is 2.34. The normalized spacial score (nSPS) is 23.7. The number of benzene rings is 1. The molecule has 1 aromatic rings. The van der Waals surface area contributed by atoms with Gasteiger partial charge in [-0.25, -0.2) is 13.1 Å². The summed E-state index contributed by atoms with van der Waals surface area (Å²) in [5.74, 6) is 0. The molecule has 6 heteroatoms. The first-order valence-electron chi connectivity index (χ1n) is 6.22. The maximum atomic E-state index is 12.4. The van der Waals surface area contributed by atoms with Crippen LogP contribution in [0, 0.1) is 13.8 Å². The van der Waals surface area contributed by atoms with E-state index in [9.17, 15) is 8.42 Å². The maximum absolute atomic E-state index is 12.4. The fourth-order valence-corrected chi connectivity index (χ4v) is 3.68. The number of ether oxygens (including phenoxy) is 1. The van der Waals surface area contributed by atoms with Gasteiger partial charge >= 0.3 is 0 Å². The molecular weight excluding hydrogens is 264 g/mol. The van der Waals surface area contributed by atoms with Gasteiger partial charge in [0.2, 0.25) is 10.0 Å². The zero-order chi connectivity index (χ0) is 14.3. The minimum atomic E-state index is -3.57. The fraction of sp³-hybridized carbons (Fsp3) is 0.538. The Labute approximate surface area is 114 Å². The quantitative estimate of drug-likeness (QED) is 0.821. The van der Waals surface area contributed by atoms with Crippen LogP contribution in [-0.4, -0.2) is 27.2 Å². The lowest BCUT2D eigenvalue weighted by molar-refractivity contribution is 0.178. The van der Waals surface area contributed by atoms with Crippen LogP contribution in [0.1, 0.15) is 24.5 Å². The van der Waals surface area contributed by atoms with E-state index < -0.39 is 15.6 Å². The Morgan fingerprint density at radius 1 is 1.37 bits per heavy atom. The molecular formula is C13H20N2O3S. The van der Waals surface area contributed by atoms with Crippen LogP contribution in [0.4, 0.5) is 5.69 Å². The van der Waals surface area contributed by atoms with Crippen molar-refractivity contribution in [3.05, 3.63) is 23.3 Å². The second kappa shape index (κ2) is 4.77. The summed E-state index contributed by atoms with van der Waals surface area (Å²) in [6, 6.07) is 3.15. The third-order valence-corrected chi connectivity index (χ3v) is 5.21. The summed E-state index contributed by atoms with van der Waals surface area (Å²) in [6.45, 7) is 6.55. The summed E-state index contributed by atoms with van der Waals surface area (Å²) in [6.07, 6.45) is 0.673. The first-order chi connectivity index (χ1) is 8.73. The lowest BCUT2D eigenvalue weighted by Gasteiger charge is -2.23.